The fraction of sp³-hybridized carbons (Fsp3) is 0.235. The van der Waals surface area contributed by atoms with Gasteiger partial charge in [-0.3, -0.25) is 0 Å². The van der Waals surface area contributed by atoms with Crippen LogP contribution in [-0.4, -0.2) is 8.80 Å². The molecule has 0 atom stereocenters. The zero-order chi connectivity index (χ0) is 48.6. The lowest BCUT2D eigenvalue weighted by atomic mass is 9.83. The highest BCUT2D eigenvalue weighted by atomic mass is 14.9. The third kappa shape index (κ3) is 6.11. The van der Waals surface area contributed by atoms with E-state index in [1.807, 2.05) is 0 Å². The molecular weight excluding hydrogens is 845 g/mol. The number of nitrogens with zero attached hydrogens (tertiary/aromatic N) is 2. The summed E-state index contributed by atoms with van der Waals surface area (Å²) in [6, 6.07) is 61.1. The maximum atomic E-state index is 2.65. The van der Waals surface area contributed by atoms with E-state index in [4.69, 9.17) is 0 Å². The van der Waals surface area contributed by atoms with Gasteiger partial charge in [-0.2, -0.15) is 0 Å². The molecule has 0 aliphatic rings. The minimum atomic E-state index is -0.0615. The Labute approximate surface area is 411 Å². The first-order valence-electron chi connectivity index (χ1n) is 25.4. The Morgan fingerprint density at radius 3 is 1.19 bits per heavy atom. The van der Waals surface area contributed by atoms with E-state index in [2.05, 4.69) is 250 Å². The molecule has 344 valence electrons. The van der Waals surface area contributed by atoms with Gasteiger partial charge >= 0.3 is 0 Å². The van der Waals surface area contributed by atoms with Crippen LogP contribution in [0.25, 0.3) is 120 Å². The predicted octanol–water partition coefficient (Wildman–Crippen LogP) is 19.3. The smallest absolute Gasteiger partial charge is 0.0627 e. The molecule has 0 amide bonds. The highest BCUT2D eigenvalue weighted by Crippen LogP contribution is 2.52. The number of benzene rings is 9. The summed E-state index contributed by atoms with van der Waals surface area (Å²) in [6.07, 6.45) is 0. The van der Waals surface area contributed by atoms with Crippen molar-refractivity contribution in [3.05, 3.63) is 180 Å². The normalized spacial score (nSPS) is 13.4. The molecule has 4 heterocycles. The lowest BCUT2D eigenvalue weighted by Crippen LogP contribution is -2.11. The van der Waals surface area contributed by atoms with Crippen LogP contribution < -0.4 is 0 Å². The van der Waals surface area contributed by atoms with Gasteiger partial charge in [-0.05, 0) is 137 Å². The lowest BCUT2D eigenvalue weighted by Gasteiger charge is -2.21. The van der Waals surface area contributed by atoms with Crippen molar-refractivity contribution >= 4 is 87.0 Å². The van der Waals surface area contributed by atoms with Gasteiger partial charge in [0.15, 0.2) is 0 Å². The first-order valence-corrected chi connectivity index (χ1v) is 25.4. The van der Waals surface area contributed by atoms with Crippen LogP contribution in [0.2, 0.25) is 0 Å². The molecule has 0 bridgehead atoms. The molecule has 4 aromatic heterocycles. The summed E-state index contributed by atoms with van der Waals surface area (Å²) in [6.45, 7) is 28.2. The molecule has 0 unspecified atom stereocenters. The Morgan fingerprint density at radius 2 is 0.671 bits per heavy atom. The van der Waals surface area contributed by atoms with E-state index < -0.39 is 0 Å². The molecular formula is C68H62N2. The molecule has 2 nitrogen and oxygen atoms in total. The molecule has 0 aliphatic carbocycles. The first-order chi connectivity index (χ1) is 33.3. The van der Waals surface area contributed by atoms with Gasteiger partial charge in [-0.15, -0.1) is 0 Å². The number of aromatic nitrogens is 2. The van der Waals surface area contributed by atoms with Crippen LogP contribution in [0, 0.1) is 0 Å². The third-order valence-corrected chi connectivity index (χ3v) is 16.0. The summed E-state index contributed by atoms with van der Waals surface area (Å²) in [5.74, 6) is 0. The van der Waals surface area contributed by atoms with Crippen molar-refractivity contribution in [1.29, 1.82) is 0 Å². The summed E-state index contributed by atoms with van der Waals surface area (Å²) < 4.78 is 5.28. The van der Waals surface area contributed by atoms with Crippen LogP contribution in [0.5, 0.6) is 0 Å². The Hall–Kier alpha value is -7.16. The third-order valence-electron chi connectivity index (χ3n) is 16.0. The molecule has 13 aromatic rings. The molecule has 0 N–H and O–H groups in total. The quantitative estimate of drug-likeness (QED) is 0.167. The largest absolute Gasteiger partial charge is 0.308 e. The van der Waals surface area contributed by atoms with Crippen LogP contribution in [0.1, 0.15) is 105 Å². The number of rotatable bonds is 3. The Bertz CT molecular complexity index is 4270. The van der Waals surface area contributed by atoms with Crippen LogP contribution in [0.4, 0.5) is 0 Å². The molecule has 70 heavy (non-hydrogen) atoms. The summed E-state index contributed by atoms with van der Waals surface area (Å²) in [5.41, 5.74) is 20.6. The number of hydrogen-bond acceptors (Lipinski definition) is 0. The lowest BCUT2D eigenvalue weighted by molar-refractivity contribution is 0.590. The fourth-order valence-electron chi connectivity index (χ4n) is 12.0. The van der Waals surface area contributed by atoms with Crippen molar-refractivity contribution in [2.45, 2.75) is 105 Å². The monoisotopic (exact) mass is 906 g/mol. The Morgan fingerprint density at radius 1 is 0.271 bits per heavy atom. The predicted molar refractivity (Wildman–Crippen MR) is 304 cm³/mol. The van der Waals surface area contributed by atoms with E-state index in [0.717, 1.165) is 0 Å². The van der Waals surface area contributed by atoms with Crippen molar-refractivity contribution in [2.24, 2.45) is 0 Å². The van der Waals surface area contributed by atoms with Gasteiger partial charge in [0.05, 0.1) is 33.1 Å². The zero-order valence-corrected chi connectivity index (χ0v) is 42.9. The van der Waals surface area contributed by atoms with Crippen LogP contribution >= 0.6 is 0 Å². The standard InChI is InChI=1S/C68H62N2/c1-65(2,3)42-26-30-57-50(32-42)53-35-45(68(10,11)12)37-56-61-59(69(57)63(53)56)38-55-54-36-44(67(7,8)9)34-52-51-33-43(66(4,5)6)27-31-58(51)70(62(52)54)64(55)60(61)41-24-22-40(23-25-41)47-29-28-46(39-18-14-13-15-19-39)48-20-16-17-21-49(47)48/h13-38H,1-12H3. The van der Waals surface area contributed by atoms with E-state index in [1.54, 1.807) is 0 Å². The van der Waals surface area contributed by atoms with Crippen LogP contribution in [0.15, 0.2) is 158 Å². The first kappa shape index (κ1) is 42.9. The molecule has 0 saturated heterocycles. The molecule has 0 radical (unpaired) electrons. The SMILES string of the molecule is CC(C)(C)c1ccc2c(c1)c1cc(C(C)(C)C)cc3c4c(-c5ccc(-c6ccc(-c7ccccc7)c7ccccc67)cc5)c5c(cc4n2c13)c1cc(C(C)(C)C)cc2c3cc(C(C)(C)C)ccc3n5c21. The van der Waals surface area contributed by atoms with E-state index in [1.165, 1.54) is 143 Å². The topological polar surface area (TPSA) is 8.82 Å². The summed E-state index contributed by atoms with van der Waals surface area (Å²) in [4.78, 5) is 0. The maximum absolute atomic E-state index is 2.65. The molecule has 2 heteroatoms. The van der Waals surface area contributed by atoms with Gasteiger partial charge in [-0.25, -0.2) is 0 Å². The van der Waals surface area contributed by atoms with Crippen molar-refractivity contribution in [1.82, 2.24) is 8.80 Å². The van der Waals surface area contributed by atoms with Gasteiger partial charge < -0.3 is 8.80 Å². The van der Waals surface area contributed by atoms with E-state index >= 15 is 0 Å². The fourth-order valence-corrected chi connectivity index (χ4v) is 12.0. The molecule has 13 rings (SSSR count). The zero-order valence-electron chi connectivity index (χ0n) is 42.9. The highest BCUT2D eigenvalue weighted by molar-refractivity contribution is 6.34. The average Bonchev–Trinajstić information content (AvgIpc) is 4.05. The Balaban J connectivity index is 1.19. The van der Waals surface area contributed by atoms with Gasteiger partial charge in [-0.1, -0.05) is 186 Å². The number of fused-ring (bicyclic) bond motifs is 13. The molecule has 0 fully saturated rings. The van der Waals surface area contributed by atoms with Gasteiger partial charge in [0, 0.05) is 48.7 Å². The van der Waals surface area contributed by atoms with E-state index in [9.17, 15) is 0 Å². The van der Waals surface area contributed by atoms with Gasteiger partial charge in [0.1, 0.15) is 0 Å². The maximum Gasteiger partial charge on any atom is 0.0627 e. The average molecular weight is 907 g/mol. The van der Waals surface area contributed by atoms with Gasteiger partial charge in [0.2, 0.25) is 0 Å². The van der Waals surface area contributed by atoms with Crippen molar-refractivity contribution in [3.63, 3.8) is 0 Å². The van der Waals surface area contributed by atoms with Crippen LogP contribution in [-0.2, 0) is 21.7 Å². The molecule has 0 aliphatic heterocycles. The Kier molecular flexibility index (Phi) is 8.72. The van der Waals surface area contributed by atoms with Crippen molar-refractivity contribution in [2.75, 3.05) is 0 Å². The van der Waals surface area contributed by atoms with Crippen molar-refractivity contribution < 1.29 is 0 Å². The van der Waals surface area contributed by atoms with E-state index in [0.29, 0.717) is 0 Å². The summed E-state index contributed by atoms with van der Waals surface area (Å²) in [5, 5.41) is 13.2. The number of hydrogen-bond donors (Lipinski definition) is 0. The van der Waals surface area contributed by atoms with E-state index in [-0.39, 0.29) is 21.7 Å². The minimum absolute atomic E-state index is 0.0172. The second-order valence-corrected chi connectivity index (χ2v) is 24.7. The summed E-state index contributed by atoms with van der Waals surface area (Å²) in [7, 11) is 0. The van der Waals surface area contributed by atoms with Gasteiger partial charge in [0.25, 0.3) is 0 Å². The second-order valence-electron chi connectivity index (χ2n) is 24.7. The van der Waals surface area contributed by atoms with Crippen molar-refractivity contribution in [3.8, 4) is 33.4 Å². The molecule has 9 aromatic carbocycles. The summed E-state index contributed by atoms with van der Waals surface area (Å²) >= 11 is 0. The second kappa shape index (κ2) is 14.2. The van der Waals surface area contributed by atoms with Crippen LogP contribution in [0.3, 0.4) is 0 Å². The molecule has 0 spiro atoms. The molecule has 0 saturated carbocycles. The highest BCUT2D eigenvalue weighted by Gasteiger charge is 2.31. The minimum Gasteiger partial charge on any atom is -0.308 e.